The maximum absolute atomic E-state index is 2.39. The van der Waals surface area contributed by atoms with Crippen LogP contribution in [0.2, 0.25) is 0 Å². The van der Waals surface area contributed by atoms with Gasteiger partial charge in [0.05, 0.1) is 0 Å². The lowest BCUT2D eigenvalue weighted by Gasteiger charge is -2.11. The molecule has 0 saturated carbocycles. The maximum Gasteiger partial charge on any atom is -0.0157 e. The Morgan fingerprint density at radius 2 is 1.48 bits per heavy atom. The lowest BCUT2D eigenvalue weighted by atomic mass is 9.94. The summed E-state index contributed by atoms with van der Waals surface area (Å²) in [4.78, 5) is 0. The van der Waals surface area contributed by atoms with E-state index in [1.54, 1.807) is 5.57 Å². The normalized spacial score (nSPS) is 16.5. The topological polar surface area (TPSA) is 0 Å². The minimum absolute atomic E-state index is 1.11. The Morgan fingerprint density at radius 3 is 2.19 bits per heavy atom. The van der Waals surface area contributed by atoms with Crippen LogP contribution in [0.15, 0.2) is 47.1 Å². The fraction of sp³-hybridized carbons (Fsp3) is 0.619. The van der Waals surface area contributed by atoms with Crippen molar-refractivity contribution in [3.63, 3.8) is 0 Å². The largest absolute Gasteiger partial charge is 0.0801 e. The van der Waals surface area contributed by atoms with E-state index in [0.717, 1.165) is 6.42 Å². The summed E-state index contributed by atoms with van der Waals surface area (Å²) in [6.07, 6.45) is 28.2. The van der Waals surface area contributed by atoms with Gasteiger partial charge in [-0.25, -0.2) is 0 Å². The molecule has 116 valence electrons. The molecule has 0 heterocycles. The molecule has 0 aromatic rings. The molecule has 21 heavy (non-hydrogen) atoms. The van der Waals surface area contributed by atoms with E-state index in [1.165, 1.54) is 81.8 Å². The molecule has 0 aromatic carbocycles. The van der Waals surface area contributed by atoms with Crippen LogP contribution in [0.4, 0.5) is 0 Å². The second kappa shape index (κ2) is 9.82. The lowest BCUT2D eigenvalue weighted by Crippen LogP contribution is -1.92. The first-order valence-electron chi connectivity index (χ1n) is 9.20. The molecular weight excluding hydrogens is 252 g/mol. The number of rotatable bonds is 11. The standard InChI is InChI=1S/C21H32/c1-2-3-4-5-6-7-8-9-10-11-14-19-17-18-20-15-12-13-16-21(19)20/h12,15-18H,2-11,13-14H2,1H3. The van der Waals surface area contributed by atoms with E-state index in [9.17, 15) is 0 Å². The third-order valence-electron chi connectivity index (χ3n) is 4.68. The smallest absolute Gasteiger partial charge is 0.0157 e. The Hall–Kier alpha value is -1.04. The van der Waals surface area contributed by atoms with Gasteiger partial charge in [-0.1, -0.05) is 95.1 Å². The van der Waals surface area contributed by atoms with Crippen molar-refractivity contribution in [3.05, 3.63) is 47.1 Å². The van der Waals surface area contributed by atoms with Gasteiger partial charge in [-0.05, 0) is 36.0 Å². The molecule has 0 aromatic heterocycles. The first-order valence-corrected chi connectivity index (χ1v) is 9.20. The molecule has 0 heteroatoms. The van der Waals surface area contributed by atoms with Crippen molar-refractivity contribution in [1.82, 2.24) is 0 Å². The first kappa shape index (κ1) is 16.3. The van der Waals surface area contributed by atoms with Gasteiger partial charge in [0.15, 0.2) is 0 Å². The summed E-state index contributed by atoms with van der Waals surface area (Å²) in [6, 6.07) is 0. The molecule has 0 unspecified atom stereocenters. The van der Waals surface area contributed by atoms with Gasteiger partial charge in [-0.15, -0.1) is 0 Å². The molecule has 2 aliphatic carbocycles. The summed E-state index contributed by atoms with van der Waals surface area (Å²) in [6.45, 7) is 2.29. The maximum atomic E-state index is 2.39. The second-order valence-electron chi connectivity index (χ2n) is 6.50. The summed E-state index contributed by atoms with van der Waals surface area (Å²) in [5, 5.41) is 0. The van der Waals surface area contributed by atoms with Crippen molar-refractivity contribution in [2.24, 2.45) is 0 Å². The van der Waals surface area contributed by atoms with Gasteiger partial charge in [0, 0.05) is 0 Å². The molecule has 0 radical (unpaired) electrons. The highest BCUT2D eigenvalue weighted by molar-refractivity contribution is 5.60. The van der Waals surface area contributed by atoms with E-state index in [1.807, 2.05) is 0 Å². The van der Waals surface area contributed by atoms with Crippen LogP contribution in [0, 0.1) is 0 Å². The van der Waals surface area contributed by atoms with Gasteiger partial charge in [0.2, 0.25) is 0 Å². The molecule has 0 atom stereocenters. The van der Waals surface area contributed by atoms with Gasteiger partial charge in [-0.3, -0.25) is 0 Å². The van der Waals surface area contributed by atoms with Crippen LogP contribution in [0.3, 0.4) is 0 Å². The van der Waals surface area contributed by atoms with Crippen LogP contribution in [-0.2, 0) is 0 Å². The molecule has 0 amide bonds. The Balaban J connectivity index is 1.45. The van der Waals surface area contributed by atoms with Gasteiger partial charge in [0.25, 0.3) is 0 Å². The van der Waals surface area contributed by atoms with E-state index in [-0.39, 0.29) is 0 Å². The predicted octanol–water partition coefficient (Wildman–Crippen LogP) is 7.05. The average Bonchev–Trinajstić information content (AvgIpc) is 2.92. The molecule has 0 fully saturated rings. The van der Waals surface area contributed by atoms with Crippen LogP contribution >= 0.6 is 0 Å². The Bertz CT molecular complexity index is 417. The van der Waals surface area contributed by atoms with Crippen molar-refractivity contribution in [2.75, 3.05) is 0 Å². The zero-order valence-electron chi connectivity index (χ0n) is 13.9. The van der Waals surface area contributed by atoms with E-state index >= 15 is 0 Å². The number of hydrogen-bond donors (Lipinski definition) is 0. The molecule has 0 saturated heterocycles. The van der Waals surface area contributed by atoms with Crippen LogP contribution in [0.1, 0.15) is 84.0 Å². The van der Waals surface area contributed by atoms with Gasteiger partial charge < -0.3 is 0 Å². The highest BCUT2D eigenvalue weighted by Gasteiger charge is 2.14. The van der Waals surface area contributed by atoms with E-state index in [4.69, 9.17) is 0 Å². The van der Waals surface area contributed by atoms with Crippen molar-refractivity contribution >= 4 is 0 Å². The number of unbranched alkanes of at least 4 members (excludes halogenated alkanes) is 9. The molecule has 0 aliphatic heterocycles. The number of allylic oxidation sites excluding steroid dienone is 8. The summed E-state index contributed by atoms with van der Waals surface area (Å²) < 4.78 is 0. The molecule has 2 aliphatic rings. The minimum atomic E-state index is 1.11. The molecule has 2 rings (SSSR count). The Labute approximate surface area is 131 Å². The lowest BCUT2D eigenvalue weighted by molar-refractivity contribution is 0.556. The Kier molecular flexibility index (Phi) is 7.63. The monoisotopic (exact) mass is 284 g/mol. The quantitative estimate of drug-likeness (QED) is 0.356. The summed E-state index contributed by atoms with van der Waals surface area (Å²) >= 11 is 0. The van der Waals surface area contributed by atoms with Gasteiger partial charge in [0.1, 0.15) is 0 Å². The van der Waals surface area contributed by atoms with Crippen molar-refractivity contribution in [2.45, 2.75) is 84.0 Å². The molecule has 0 spiro atoms. The minimum Gasteiger partial charge on any atom is -0.0801 e. The number of fused-ring (bicyclic) bond motifs is 1. The predicted molar refractivity (Wildman–Crippen MR) is 94.5 cm³/mol. The highest BCUT2D eigenvalue weighted by Crippen LogP contribution is 2.33. The highest BCUT2D eigenvalue weighted by atomic mass is 14.2. The van der Waals surface area contributed by atoms with Crippen LogP contribution < -0.4 is 0 Å². The fourth-order valence-electron chi connectivity index (χ4n) is 3.35. The van der Waals surface area contributed by atoms with Crippen LogP contribution in [0.25, 0.3) is 0 Å². The van der Waals surface area contributed by atoms with Gasteiger partial charge >= 0.3 is 0 Å². The van der Waals surface area contributed by atoms with Crippen LogP contribution in [-0.4, -0.2) is 0 Å². The van der Waals surface area contributed by atoms with E-state index in [2.05, 4.69) is 37.3 Å². The Morgan fingerprint density at radius 1 is 0.810 bits per heavy atom. The van der Waals surface area contributed by atoms with E-state index in [0.29, 0.717) is 0 Å². The van der Waals surface area contributed by atoms with Crippen molar-refractivity contribution in [3.8, 4) is 0 Å². The van der Waals surface area contributed by atoms with Crippen molar-refractivity contribution in [1.29, 1.82) is 0 Å². The summed E-state index contributed by atoms with van der Waals surface area (Å²) in [5.41, 5.74) is 4.53. The second-order valence-corrected chi connectivity index (χ2v) is 6.50. The van der Waals surface area contributed by atoms with Gasteiger partial charge in [-0.2, -0.15) is 0 Å². The SMILES string of the molecule is CCCCCCCCCCCCC1=CC=C2C=CCC=C21. The third kappa shape index (κ3) is 5.69. The average molecular weight is 284 g/mol. The van der Waals surface area contributed by atoms with Crippen molar-refractivity contribution < 1.29 is 0 Å². The summed E-state index contributed by atoms with van der Waals surface area (Å²) in [7, 11) is 0. The molecule has 0 nitrogen and oxygen atoms in total. The summed E-state index contributed by atoms with van der Waals surface area (Å²) in [5.74, 6) is 0. The number of hydrogen-bond acceptors (Lipinski definition) is 0. The molecular formula is C21H32. The molecule has 0 bridgehead atoms. The third-order valence-corrected chi connectivity index (χ3v) is 4.68. The fourth-order valence-corrected chi connectivity index (χ4v) is 3.35. The molecule has 0 N–H and O–H groups in total. The van der Waals surface area contributed by atoms with E-state index < -0.39 is 0 Å². The van der Waals surface area contributed by atoms with Crippen LogP contribution in [0.5, 0.6) is 0 Å². The zero-order chi connectivity index (χ0) is 14.8. The zero-order valence-corrected chi connectivity index (χ0v) is 13.9. The first-order chi connectivity index (χ1) is 10.4.